The third kappa shape index (κ3) is 6.92. The molecule has 0 saturated carbocycles. The third-order valence-corrected chi connectivity index (χ3v) is 6.52. The zero-order chi connectivity index (χ0) is 23.1. The summed E-state index contributed by atoms with van der Waals surface area (Å²) in [5.41, 5.74) is 3.04. The topological polar surface area (TPSA) is 6.48 Å². The lowest BCUT2D eigenvalue weighted by Crippen LogP contribution is -2.45. The Morgan fingerprint density at radius 3 is 1.88 bits per heavy atom. The Kier molecular flexibility index (Phi) is 7.84. The van der Waals surface area contributed by atoms with Crippen LogP contribution in [0.2, 0.25) is 0 Å². The highest BCUT2D eigenvalue weighted by atomic mass is 19.4. The monoisotopic (exact) mass is 452 g/mol. The van der Waals surface area contributed by atoms with Crippen LogP contribution in [0.15, 0.2) is 84.9 Å². The van der Waals surface area contributed by atoms with Crippen molar-refractivity contribution in [3.05, 3.63) is 107 Å². The van der Waals surface area contributed by atoms with Crippen molar-refractivity contribution in [2.45, 2.75) is 44.6 Å². The van der Waals surface area contributed by atoms with Gasteiger partial charge in [0.05, 0.1) is 5.56 Å². The molecule has 33 heavy (non-hydrogen) atoms. The van der Waals surface area contributed by atoms with Crippen molar-refractivity contribution >= 4 is 0 Å². The van der Waals surface area contributed by atoms with Gasteiger partial charge in [0, 0.05) is 25.7 Å². The van der Waals surface area contributed by atoms with E-state index in [0.29, 0.717) is 12.6 Å². The minimum atomic E-state index is -4.28. The van der Waals surface area contributed by atoms with Crippen LogP contribution in [-0.2, 0) is 25.7 Å². The molecule has 0 atom stereocenters. The van der Waals surface area contributed by atoms with E-state index in [-0.39, 0.29) is 0 Å². The summed E-state index contributed by atoms with van der Waals surface area (Å²) in [5, 5.41) is 0. The number of rotatable bonds is 8. The van der Waals surface area contributed by atoms with Crippen molar-refractivity contribution in [3.63, 3.8) is 0 Å². The highest BCUT2D eigenvalue weighted by molar-refractivity contribution is 5.24. The predicted molar refractivity (Wildman–Crippen MR) is 127 cm³/mol. The molecule has 1 fully saturated rings. The van der Waals surface area contributed by atoms with E-state index in [4.69, 9.17) is 0 Å². The Bertz CT molecular complexity index is 964. The molecule has 0 amide bonds. The van der Waals surface area contributed by atoms with Crippen LogP contribution in [0, 0.1) is 0 Å². The second kappa shape index (κ2) is 11.0. The standard InChI is InChI=1S/C28H31F3N2/c29-28(30,31)26-13-11-25(12-14-26)21-32-18-16-27(17-19-32)33(22-24-9-5-2-6-10-24)20-15-23-7-3-1-4-8-23/h1-14,27H,15-22H2. The average molecular weight is 453 g/mol. The average Bonchev–Trinajstić information content (AvgIpc) is 2.83. The van der Waals surface area contributed by atoms with Crippen LogP contribution in [0.5, 0.6) is 0 Å². The van der Waals surface area contributed by atoms with Crippen molar-refractivity contribution < 1.29 is 13.2 Å². The van der Waals surface area contributed by atoms with E-state index in [1.165, 1.54) is 23.3 Å². The molecular weight excluding hydrogens is 421 g/mol. The highest BCUT2D eigenvalue weighted by Crippen LogP contribution is 2.29. The maximum absolute atomic E-state index is 12.8. The van der Waals surface area contributed by atoms with Crippen molar-refractivity contribution in [3.8, 4) is 0 Å². The second-order valence-electron chi connectivity index (χ2n) is 8.89. The number of hydrogen-bond donors (Lipinski definition) is 0. The molecule has 5 heteroatoms. The predicted octanol–water partition coefficient (Wildman–Crippen LogP) is 6.41. The molecule has 1 heterocycles. The van der Waals surface area contributed by atoms with Gasteiger partial charge in [-0.15, -0.1) is 0 Å². The first-order valence-corrected chi connectivity index (χ1v) is 11.7. The molecule has 174 valence electrons. The lowest BCUT2D eigenvalue weighted by atomic mass is 10.00. The first-order chi connectivity index (χ1) is 16.0. The molecule has 0 radical (unpaired) electrons. The summed E-state index contributed by atoms with van der Waals surface area (Å²) >= 11 is 0. The molecule has 1 aliphatic heterocycles. The fraction of sp³-hybridized carbons (Fsp3) is 0.357. The van der Waals surface area contributed by atoms with E-state index in [2.05, 4.69) is 70.5 Å². The van der Waals surface area contributed by atoms with Crippen molar-refractivity contribution in [1.29, 1.82) is 0 Å². The van der Waals surface area contributed by atoms with Gasteiger partial charge in [0.2, 0.25) is 0 Å². The maximum atomic E-state index is 12.8. The lowest BCUT2D eigenvalue weighted by Gasteiger charge is -2.39. The van der Waals surface area contributed by atoms with Crippen LogP contribution in [-0.4, -0.2) is 35.5 Å². The number of benzene rings is 3. The molecule has 1 aliphatic rings. The Balaban J connectivity index is 1.34. The van der Waals surface area contributed by atoms with Gasteiger partial charge in [-0.05, 0) is 61.2 Å². The molecule has 0 unspecified atom stereocenters. The van der Waals surface area contributed by atoms with Gasteiger partial charge in [-0.3, -0.25) is 9.80 Å². The van der Waals surface area contributed by atoms with E-state index in [1.807, 2.05) is 0 Å². The smallest absolute Gasteiger partial charge is 0.299 e. The molecule has 0 aliphatic carbocycles. The van der Waals surface area contributed by atoms with Gasteiger partial charge in [-0.2, -0.15) is 13.2 Å². The van der Waals surface area contributed by atoms with E-state index in [9.17, 15) is 13.2 Å². The number of nitrogens with zero attached hydrogens (tertiary/aromatic N) is 2. The van der Waals surface area contributed by atoms with Gasteiger partial charge in [0.25, 0.3) is 0 Å². The van der Waals surface area contributed by atoms with Gasteiger partial charge in [0.15, 0.2) is 0 Å². The highest BCUT2D eigenvalue weighted by Gasteiger charge is 2.30. The SMILES string of the molecule is FC(F)(F)c1ccc(CN2CCC(N(CCc3ccccc3)Cc3ccccc3)CC2)cc1. The zero-order valence-corrected chi connectivity index (χ0v) is 18.8. The van der Waals surface area contributed by atoms with E-state index >= 15 is 0 Å². The molecule has 0 aromatic heterocycles. The molecule has 3 aromatic carbocycles. The Morgan fingerprint density at radius 1 is 0.727 bits per heavy atom. The van der Waals surface area contributed by atoms with Crippen LogP contribution in [0.4, 0.5) is 13.2 Å². The lowest BCUT2D eigenvalue weighted by molar-refractivity contribution is -0.137. The van der Waals surface area contributed by atoms with Crippen LogP contribution in [0.25, 0.3) is 0 Å². The van der Waals surface area contributed by atoms with Gasteiger partial charge < -0.3 is 0 Å². The van der Waals surface area contributed by atoms with E-state index in [1.54, 1.807) is 12.1 Å². The number of hydrogen-bond acceptors (Lipinski definition) is 2. The largest absolute Gasteiger partial charge is 0.416 e. The van der Waals surface area contributed by atoms with Crippen LogP contribution in [0.3, 0.4) is 0 Å². The Labute approximate surface area is 194 Å². The molecule has 0 N–H and O–H groups in total. The fourth-order valence-electron chi connectivity index (χ4n) is 4.63. The van der Waals surface area contributed by atoms with E-state index in [0.717, 1.165) is 51.0 Å². The first kappa shape index (κ1) is 23.5. The summed E-state index contributed by atoms with van der Waals surface area (Å²) in [5.74, 6) is 0. The zero-order valence-electron chi connectivity index (χ0n) is 18.8. The quantitative estimate of drug-likeness (QED) is 0.389. The van der Waals surface area contributed by atoms with Gasteiger partial charge in [-0.25, -0.2) is 0 Å². The molecular formula is C28H31F3N2. The van der Waals surface area contributed by atoms with Gasteiger partial charge >= 0.3 is 6.18 Å². The molecule has 4 rings (SSSR count). The first-order valence-electron chi connectivity index (χ1n) is 11.7. The molecule has 2 nitrogen and oxygen atoms in total. The number of halogens is 3. The summed E-state index contributed by atoms with van der Waals surface area (Å²) in [6.45, 7) is 4.58. The summed E-state index contributed by atoms with van der Waals surface area (Å²) in [4.78, 5) is 4.97. The Morgan fingerprint density at radius 2 is 1.30 bits per heavy atom. The maximum Gasteiger partial charge on any atom is 0.416 e. The normalized spacial score (nSPS) is 15.8. The van der Waals surface area contributed by atoms with Crippen molar-refractivity contribution in [1.82, 2.24) is 9.80 Å². The summed E-state index contributed by atoms with van der Waals surface area (Å²) < 4.78 is 38.4. The molecule has 3 aromatic rings. The minimum Gasteiger partial charge on any atom is -0.299 e. The summed E-state index contributed by atoms with van der Waals surface area (Å²) in [7, 11) is 0. The van der Waals surface area contributed by atoms with Crippen LogP contribution in [0.1, 0.15) is 35.1 Å². The van der Waals surface area contributed by atoms with Gasteiger partial charge in [-0.1, -0.05) is 72.8 Å². The second-order valence-corrected chi connectivity index (χ2v) is 8.89. The van der Waals surface area contributed by atoms with Crippen molar-refractivity contribution in [2.24, 2.45) is 0 Å². The summed E-state index contributed by atoms with van der Waals surface area (Å²) in [6.07, 6.45) is -1.11. The minimum absolute atomic E-state index is 0.512. The molecule has 0 bridgehead atoms. The van der Waals surface area contributed by atoms with E-state index < -0.39 is 11.7 Å². The number of piperidine rings is 1. The van der Waals surface area contributed by atoms with Gasteiger partial charge in [0.1, 0.15) is 0 Å². The molecule has 1 saturated heterocycles. The molecule has 0 spiro atoms. The summed E-state index contributed by atoms with van der Waals surface area (Å²) in [6, 6.07) is 27.3. The van der Waals surface area contributed by atoms with Crippen LogP contribution >= 0.6 is 0 Å². The van der Waals surface area contributed by atoms with Crippen LogP contribution < -0.4 is 0 Å². The fourth-order valence-corrected chi connectivity index (χ4v) is 4.63. The van der Waals surface area contributed by atoms with Crippen molar-refractivity contribution in [2.75, 3.05) is 19.6 Å². The number of alkyl halides is 3. The third-order valence-electron chi connectivity index (χ3n) is 6.52. The number of likely N-dealkylation sites (tertiary alicyclic amines) is 1. The Hall–Kier alpha value is -2.63.